The SMILES string of the molecule is COc1ccc(N2CCN(C(=O)C(=O)N3CCN(C(C)=O)CC3)CC2)cc1. The van der Waals surface area contributed by atoms with Gasteiger partial charge < -0.3 is 24.3 Å². The van der Waals surface area contributed by atoms with Crippen LogP contribution >= 0.6 is 0 Å². The maximum absolute atomic E-state index is 12.6. The van der Waals surface area contributed by atoms with E-state index in [2.05, 4.69) is 4.90 Å². The smallest absolute Gasteiger partial charge is 0.312 e. The lowest BCUT2D eigenvalue weighted by molar-refractivity contribution is -0.153. The van der Waals surface area contributed by atoms with Crippen LogP contribution in [0.15, 0.2) is 24.3 Å². The lowest BCUT2D eigenvalue weighted by Crippen LogP contribution is -2.56. The van der Waals surface area contributed by atoms with Crippen LogP contribution in [-0.2, 0) is 14.4 Å². The van der Waals surface area contributed by atoms with Gasteiger partial charge in [-0.25, -0.2) is 0 Å². The van der Waals surface area contributed by atoms with Crippen molar-refractivity contribution in [2.24, 2.45) is 0 Å². The molecule has 1 aromatic carbocycles. The van der Waals surface area contributed by atoms with Crippen LogP contribution < -0.4 is 9.64 Å². The Bertz CT molecular complexity index is 690. The van der Waals surface area contributed by atoms with E-state index in [4.69, 9.17) is 4.74 Å². The van der Waals surface area contributed by atoms with Crippen LogP contribution in [-0.4, -0.2) is 91.9 Å². The van der Waals surface area contributed by atoms with Crippen molar-refractivity contribution in [2.45, 2.75) is 6.92 Å². The molecule has 0 saturated carbocycles. The maximum Gasteiger partial charge on any atom is 0.312 e. The number of carbonyl (C=O) groups is 3. The summed E-state index contributed by atoms with van der Waals surface area (Å²) in [5, 5.41) is 0. The van der Waals surface area contributed by atoms with Crippen molar-refractivity contribution in [3.8, 4) is 5.75 Å². The normalized spacial score (nSPS) is 17.7. The molecule has 3 amide bonds. The van der Waals surface area contributed by atoms with Crippen molar-refractivity contribution in [1.29, 1.82) is 0 Å². The second-order valence-corrected chi connectivity index (χ2v) is 6.78. The molecule has 1 aromatic rings. The summed E-state index contributed by atoms with van der Waals surface area (Å²) in [6, 6.07) is 7.82. The third-order valence-electron chi connectivity index (χ3n) is 5.20. The summed E-state index contributed by atoms with van der Waals surface area (Å²) in [7, 11) is 1.64. The number of carbonyl (C=O) groups excluding carboxylic acids is 3. The molecule has 0 aromatic heterocycles. The van der Waals surface area contributed by atoms with Gasteiger partial charge in [0.15, 0.2) is 0 Å². The molecular weight excluding hydrogens is 348 g/mol. The second-order valence-electron chi connectivity index (χ2n) is 6.78. The summed E-state index contributed by atoms with van der Waals surface area (Å²) < 4.78 is 5.17. The number of hydrogen-bond acceptors (Lipinski definition) is 5. The van der Waals surface area contributed by atoms with E-state index in [0.29, 0.717) is 52.4 Å². The van der Waals surface area contributed by atoms with Gasteiger partial charge >= 0.3 is 11.8 Å². The quantitative estimate of drug-likeness (QED) is 0.683. The Hall–Kier alpha value is -2.77. The Balaban J connectivity index is 1.50. The summed E-state index contributed by atoms with van der Waals surface area (Å²) in [6.45, 7) is 5.72. The van der Waals surface area contributed by atoms with Crippen molar-refractivity contribution >= 4 is 23.4 Å². The minimum absolute atomic E-state index is 0.00285. The molecule has 0 bridgehead atoms. The highest BCUT2D eigenvalue weighted by Crippen LogP contribution is 2.20. The van der Waals surface area contributed by atoms with Gasteiger partial charge in [0.05, 0.1) is 7.11 Å². The lowest BCUT2D eigenvalue weighted by Gasteiger charge is -2.38. The first kappa shape index (κ1) is 19.0. The largest absolute Gasteiger partial charge is 0.497 e. The number of hydrogen-bond donors (Lipinski definition) is 0. The van der Waals surface area contributed by atoms with Crippen LogP contribution in [0.4, 0.5) is 5.69 Å². The summed E-state index contributed by atoms with van der Waals surface area (Å²) in [5.41, 5.74) is 1.08. The fourth-order valence-corrected chi connectivity index (χ4v) is 3.46. The molecule has 146 valence electrons. The van der Waals surface area contributed by atoms with E-state index < -0.39 is 11.8 Å². The van der Waals surface area contributed by atoms with Gasteiger partial charge in [-0.2, -0.15) is 0 Å². The number of rotatable bonds is 2. The number of anilines is 1. The molecule has 0 radical (unpaired) electrons. The van der Waals surface area contributed by atoms with E-state index in [-0.39, 0.29) is 5.91 Å². The number of piperazine rings is 2. The Morgan fingerprint density at radius 2 is 1.19 bits per heavy atom. The van der Waals surface area contributed by atoms with E-state index in [1.165, 1.54) is 6.92 Å². The van der Waals surface area contributed by atoms with Crippen LogP contribution in [0.2, 0.25) is 0 Å². The number of amides is 3. The van der Waals surface area contributed by atoms with Crippen molar-refractivity contribution < 1.29 is 19.1 Å². The number of nitrogens with zero attached hydrogens (tertiary/aromatic N) is 4. The van der Waals surface area contributed by atoms with Crippen molar-refractivity contribution in [3.05, 3.63) is 24.3 Å². The van der Waals surface area contributed by atoms with Crippen molar-refractivity contribution in [1.82, 2.24) is 14.7 Å². The molecule has 3 rings (SSSR count). The fraction of sp³-hybridized carbons (Fsp3) is 0.526. The van der Waals surface area contributed by atoms with E-state index in [1.807, 2.05) is 24.3 Å². The number of benzene rings is 1. The van der Waals surface area contributed by atoms with Crippen LogP contribution in [0.5, 0.6) is 5.75 Å². The predicted octanol–water partition coefficient (Wildman–Crippen LogP) is 0.0345. The molecule has 2 fully saturated rings. The zero-order valence-electron chi connectivity index (χ0n) is 15.9. The number of ether oxygens (including phenoxy) is 1. The van der Waals surface area contributed by atoms with Crippen LogP contribution in [0.25, 0.3) is 0 Å². The Morgan fingerprint density at radius 3 is 1.63 bits per heavy atom. The molecule has 0 unspecified atom stereocenters. The van der Waals surface area contributed by atoms with Gasteiger partial charge in [0.1, 0.15) is 5.75 Å². The maximum atomic E-state index is 12.6. The molecule has 0 N–H and O–H groups in total. The third kappa shape index (κ3) is 4.32. The first-order chi connectivity index (χ1) is 13.0. The van der Waals surface area contributed by atoms with Crippen LogP contribution in [0.1, 0.15) is 6.92 Å². The molecule has 2 saturated heterocycles. The highest BCUT2D eigenvalue weighted by molar-refractivity contribution is 6.35. The first-order valence-corrected chi connectivity index (χ1v) is 9.22. The average molecular weight is 374 g/mol. The minimum atomic E-state index is -0.462. The molecular formula is C19H26N4O4. The minimum Gasteiger partial charge on any atom is -0.497 e. The van der Waals surface area contributed by atoms with Gasteiger partial charge in [-0.15, -0.1) is 0 Å². The monoisotopic (exact) mass is 374 g/mol. The molecule has 8 heteroatoms. The van der Waals surface area contributed by atoms with E-state index in [9.17, 15) is 14.4 Å². The van der Waals surface area contributed by atoms with Gasteiger partial charge in [0.2, 0.25) is 5.91 Å². The summed E-state index contributed by atoms with van der Waals surface area (Å²) in [6.07, 6.45) is 0. The Morgan fingerprint density at radius 1 is 0.741 bits per heavy atom. The Labute approximate surface area is 159 Å². The van der Waals surface area contributed by atoms with Gasteiger partial charge in [0, 0.05) is 65.0 Å². The summed E-state index contributed by atoms with van der Waals surface area (Å²) in [4.78, 5) is 43.5. The van der Waals surface area contributed by atoms with Gasteiger partial charge in [-0.3, -0.25) is 14.4 Å². The third-order valence-corrected chi connectivity index (χ3v) is 5.20. The number of methoxy groups -OCH3 is 1. The van der Waals surface area contributed by atoms with Crippen LogP contribution in [0.3, 0.4) is 0 Å². The molecule has 0 atom stereocenters. The van der Waals surface area contributed by atoms with Gasteiger partial charge in [0.25, 0.3) is 0 Å². The van der Waals surface area contributed by atoms with Crippen molar-refractivity contribution in [3.63, 3.8) is 0 Å². The molecule has 0 spiro atoms. The van der Waals surface area contributed by atoms with Gasteiger partial charge in [-0.05, 0) is 24.3 Å². The van der Waals surface area contributed by atoms with E-state index in [1.54, 1.807) is 21.8 Å². The predicted molar refractivity (Wildman–Crippen MR) is 101 cm³/mol. The second kappa shape index (κ2) is 8.28. The molecule has 2 aliphatic rings. The summed E-state index contributed by atoms with van der Waals surface area (Å²) in [5.74, 6) is -0.0946. The molecule has 2 aliphatic heterocycles. The van der Waals surface area contributed by atoms with Crippen LogP contribution in [0, 0.1) is 0 Å². The van der Waals surface area contributed by atoms with E-state index >= 15 is 0 Å². The average Bonchev–Trinajstić information content (AvgIpc) is 2.73. The topological polar surface area (TPSA) is 73.4 Å². The highest BCUT2D eigenvalue weighted by Gasteiger charge is 2.31. The molecule has 2 heterocycles. The first-order valence-electron chi connectivity index (χ1n) is 9.22. The van der Waals surface area contributed by atoms with Gasteiger partial charge in [-0.1, -0.05) is 0 Å². The molecule has 27 heavy (non-hydrogen) atoms. The Kier molecular flexibility index (Phi) is 5.83. The zero-order valence-corrected chi connectivity index (χ0v) is 15.9. The standard InChI is InChI=1S/C19H26N4O4/c1-15(24)20-7-11-22(12-8-20)18(25)19(26)23-13-9-21(10-14-23)16-3-5-17(27-2)6-4-16/h3-6H,7-14H2,1-2H3. The highest BCUT2D eigenvalue weighted by atomic mass is 16.5. The van der Waals surface area contributed by atoms with E-state index in [0.717, 1.165) is 11.4 Å². The molecule has 0 aliphatic carbocycles. The fourth-order valence-electron chi connectivity index (χ4n) is 3.46. The molecule has 8 nitrogen and oxygen atoms in total. The summed E-state index contributed by atoms with van der Waals surface area (Å²) >= 11 is 0. The zero-order chi connectivity index (χ0) is 19.4. The lowest BCUT2D eigenvalue weighted by atomic mass is 10.2. The van der Waals surface area contributed by atoms with Crippen molar-refractivity contribution in [2.75, 3.05) is 64.4 Å².